The highest BCUT2D eigenvalue weighted by Crippen LogP contribution is 2.62. The SMILES string of the molecule is CC1(C)CCC(C)(C)C1C(C)(NC(=O)[C@@H](N)CC(=O)O)C1CC1. The number of carboxylic acid groups (broad SMARTS) is 1. The Bertz CT molecular complexity index is 480. The minimum Gasteiger partial charge on any atom is -0.481 e. The molecule has 5 nitrogen and oxygen atoms in total. The molecule has 0 heterocycles. The molecule has 1 amide bonds. The van der Waals surface area contributed by atoms with Crippen LogP contribution in [0.15, 0.2) is 0 Å². The number of hydrogen-bond donors (Lipinski definition) is 3. The summed E-state index contributed by atoms with van der Waals surface area (Å²) < 4.78 is 0. The highest BCUT2D eigenvalue weighted by Gasteiger charge is 2.60. The molecule has 2 rings (SSSR count). The number of nitrogens with one attached hydrogen (secondary N) is 1. The van der Waals surface area contributed by atoms with Gasteiger partial charge in [-0.15, -0.1) is 0 Å². The number of carbonyl (C=O) groups is 2. The van der Waals surface area contributed by atoms with Crippen molar-refractivity contribution in [2.75, 3.05) is 0 Å². The minimum atomic E-state index is -1.04. The van der Waals surface area contributed by atoms with Crippen molar-refractivity contribution in [2.24, 2.45) is 28.4 Å². The molecule has 0 aromatic carbocycles. The summed E-state index contributed by atoms with van der Waals surface area (Å²) >= 11 is 0. The highest BCUT2D eigenvalue weighted by molar-refractivity contribution is 5.86. The van der Waals surface area contributed by atoms with E-state index >= 15 is 0 Å². The standard InChI is InChI=1S/C18H32N2O3/c1-16(2)8-9-17(3,4)15(16)18(5,11-6-7-11)20-14(23)12(19)10-13(21)22/h11-12,15H,6-10,19H2,1-5H3,(H,20,23)(H,21,22)/t12-,18?/m0/s1. The van der Waals surface area contributed by atoms with Gasteiger partial charge >= 0.3 is 5.97 Å². The van der Waals surface area contributed by atoms with Gasteiger partial charge in [-0.05, 0) is 55.3 Å². The van der Waals surface area contributed by atoms with Crippen LogP contribution in [0.3, 0.4) is 0 Å². The Balaban J connectivity index is 2.26. The van der Waals surface area contributed by atoms with E-state index in [2.05, 4.69) is 39.9 Å². The van der Waals surface area contributed by atoms with Gasteiger partial charge in [-0.1, -0.05) is 27.7 Å². The van der Waals surface area contributed by atoms with Crippen LogP contribution >= 0.6 is 0 Å². The van der Waals surface area contributed by atoms with Gasteiger partial charge in [-0.2, -0.15) is 0 Å². The molecule has 0 spiro atoms. The summed E-state index contributed by atoms with van der Waals surface area (Å²) in [6.07, 6.45) is 4.19. The van der Waals surface area contributed by atoms with Crippen LogP contribution in [0.25, 0.3) is 0 Å². The molecule has 2 atom stereocenters. The zero-order chi connectivity index (χ0) is 17.6. The number of carbonyl (C=O) groups excluding carboxylic acids is 1. The first-order valence-electron chi connectivity index (χ1n) is 8.69. The van der Waals surface area contributed by atoms with E-state index in [0.29, 0.717) is 11.8 Å². The van der Waals surface area contributed by atoms with Crippen molar-refractivity contribution in [3.63, 3.8) is 0 Å². The molecule has 0 aromatic heterocycles. The molecule has 0 aliphatic heterocycles. The molecule has 2 aliphatic carbocycles. The van der Waals surface area contributed by atoms with E-state index in [1.807, 2.05) is 0 Å². The highest BCUT2D eigenvalue weighted by atomic mass is 16.4. The van der Waals surface area contributed by atoms with Gasteiger partial charge in [-0.25, -0.2) is 0 Å². The Hall–Kier alpha value is -1.10. The summed E-state index contributed by atoms with van der Waals surface area (Å²) in [6.45, 7) is 11.3. The third-order valence-electron chi connectivity index (χ3n) is 6.13. The van der Waals surface area contributed by atoms with Crippen molar-refractivity contribution in [3.05, 3.63) is 0 Å². The Labute approximate surface area is 139 Å². The van der Waals surface area contributed by atoms with Crippen LogP contribution in [0.5, 0.6) is 0 Å². The van der Waals surface area contributed by atoms with Gasteiger partial charge < -0.3 is 16.2 Å². The summed E-state index contributed by atoms with van der Waals surface area (Å²) in [5.41, 5.74) is 5.75. The second kappa shape index (κ2) is 5.76. The summed E-state index contributed by atoms with van der Waals surface area (Å²) in [4.78, 5) is 23.3. The average Bonchev–Trinajstić information content (AvgIpc) is 3.16. The summed E-state index contributed by atoms with van der Waals surface area (Å²) in [5, 5.41) is 12.1. The molecular weight excluding hydrogens is 292 g/mol. The number of carboxylic acids is 1. The number of rotatable bonds is 6. The lowest BCUT2D eigenvalue weighted by Crippen LogP contribution is -2.61. The first-order chi connectivity index (χ1) is 10.4. The maximum absolute atomic E-state index is 12.5. The van der Waals surface area contributed by atoms with Gasteiger partial charge in [0.15, 0.2) is 0 Å². The van der Waals surface area contributed by atoms with Gasteiger partial charge in [0.25, 0.3) is 0 Å². The molecule has 0 saturated heterocycles. The van der Waals surface area contributed by atoms with E-state index in [1.165, 1.54) is 0 Å². The Kier molecular flexibility index (Phi) is 4.57. The maximum Gasteiger partial charge on any atom is 0.305 e. The lowest BCUT2D eigenvalue weighted by Gasteiger charge is -2.49. The fourth-order valence-corrected chi connectivity index (χ4v) is 5.35. The topological polar surface area (TPSA) is 92.4 Å². The molecule has 23 heavy (non-hydrogen) atoms. The molecule has 2 fully saturated rings. The molecule has 5 heteroatoms. The predicted octanol–water partition coefficient (Wildman–Crippen LogP) is 2.54. The number of hydrogen-bond acceptors (Lipinski definition) is 3. The van der Waals surface area contributed by atoms with Crippen LogP contribution in [0.2, 0.25) is 0 Å². The van der Waals surface area contributed by atoms with Crippen molar-refractivity contribution < 1.29 is 14.7 Å². The lowest BCUT2D eigenvalue weighted by atomic mass is 9.61. The molecule has 0 bridgehead atoms. The zero-order valence-electron chi connectivity index (χ0n) is 15.1. The maximum atomic E-state index is 12.5. The van der Waals surface area contributed by atoms with Crippen LogP contribution in [0.4, 0.5) is 0 Å². The number of nitrogens with two attached hydrogens (primary N) is 1. The fourth-order valence-electron chi connectivity index (χ4n) is 5.35. The van der Waals surface area contributed by atoms with E-state index in [1.54, 1.807) is 0 Å². The van der Waals surface area contributed by atoms with Crippen molar-refractivity contribution in [3.8, 4) is 0 Å². The van der Waals surface area contributed by atoms with Crippen LogP contribution in [-0.4, -0.2) is 28.6 Å². The second-order valence-corrected chi connectivity index (χ2v) is 9.16. The lowest BCUT2D eigenvalue weighted by molar-refractivity contribution is -0.140. The number of aliphatic carboxylic acids is 1. The first-order valence-corrected chi connectivity index (χ1v) is 8.69. The average molecular weight is 324 g/mol. The monoisotopic (exact) mass is 324 g/mol. The van der Waals surface area contributed by atoms with Crippen LogP contribution in [0, 0.1) is 22.7 Å². The van der Waals surface area contributed by atoms with Gasteiger partial charge in [0.1, 0.15) is 0 Å². The summed E-state index contributed by atoms with van der Waals surface area (Å²) in [7, 11) is 0. The quantitative estimate of drug-likeness (QED) is 0.700. The number of amides is 1. The van der Waals surface area contributed by atoms with Crippen LogP contribution in [-0.2, 0) is 9.59 Å². The van der Waals surface area contributed by atoms with E-state index in [9.17, 15) is 9.59 Å². The summed E-state index contributed by atoms with van der Waals surface area (Å²) in [6, 6.07) is -0.988. The molecule has 0 aromatic rings. The fraction of sp³-hybridized carbons (Fsp3) is 0.889. The third-order valence-corrected chi connectivity index (χ3v) is 6.13. The third kappa shape index (κ3) is 3.54. The Morgan fingerprint density at radius 2 is 1.70 bits per heavy atom. The second-order valence-electron chi connectivity index (χ2n) is 9.16. The van der Waals surface area contributed by atoms with Crippen LogP contribution in [0.1, 0.15) is 66.7 Å². The summed E-state index contributed by atoms with van der Waals surface area (Å²) in [5.74, 6) is -0.566. The molecule has 0 radical (unpaired) electrons. The van der Waals surface area contributed by atoms with Crippen molar-refractivity contribution in [1.29, 1.82) is 0 Å². The molecule has 132 valence electrons. The van der Waals surface area contributed by atoms with Crippen molar-refractivity contribution in [2.45, 2.75) is 78.3 Å². The zero-order valence-corrected chi connectivity index (χ0v) is 15.1. The first kappa shape index (κ1) is 18.2. The van der Waals surface area contributed by atoms with Gasteiger partial charge in [-0.3, -0.25) is 9.59 Å². The smallest absolute Gasteiger partial charge is 0.305 e. The normalized spacial score (nSPS) is 27.2. The molecule has 4 N–H and O–H groups in total. The minimum absolute atomic E-state index is 0.144. The van der Waals surface area contributed by atoms with Gasteiger partial charge in [0.05, 0.1) is 12.5 Å². The molecular formula is C18H32N2O3. The van der Waals surface area contributed by atoms with E-state index < -0.39 is 12.0 Å². The van der Waals surface area contributed by atoms with Crippen molar-refractivity contribution in [1.82, 2.24) is 5.32 Å². The molecule has 1 unspecified atom stereocenters. The molecule has 2 aliphatic rings. The van der Waals surface area contributed by atoms with E-state index in [4.69, 9.17) is 10.8 Å². The Morgan fingerprint density at radius 3 is 2.09 bits per heavy atom. The van der Waals surface area contributed by atoms with Gasteiger partial charge in [0.2, 0.25) is 5.91 Å². The molecule has 2 saturated carbocycles. The Morgan fingerprint density at radius 1 is 1.22 bits per heavy atom. The predicted molar refractivity (Wildman–Crippen MR) is 89.8 cm³/mol. The largest absolute Gasteiger partial charge is 0.481 e. The van der Waals surface area contributed by atoms with Crippen LogP contribution < -0.4 is 11.1 Å². The van der Waals surface area contributed by atoms with Gasteiger partial charge in [0, 0.05) is 5.54 Å². The van der Waals surface area contributed by atoms with Crippen molar-refractivity contribution >= 4 is 11.9 Å². The van der Waals surface area contributed by atoms with E-state index in [-0.39, 0.29) is 28.7 Å². The van der Waals surface area contributed by atoms with E-state index in [0.717, 1.165) is 25.7 Å².